The summed E-state index contributed by atoms with van der Waals surface area (Å²) in [6.07, 6.45) is 3.64. The minimum absolute atomic E-state index is 0.00618. The first-order chi connectivity index (χ1) is 10.5. The fourth-order valence-electron chi connectivity index (χ4n) is 3.17. The maximum atomic E-state index is 12.7. The molecule has 0 saturated carbocycles. The van der Waals surface area contributed by atoms with Gasteiger partial charge >= 0.3 is 0 Å². The zero-order chi connectivity index (χ0) is 16.1. The number of rotatable bonds is 5. The van der Waals surface area contributed by atoms with Gasteiger partial charge in [0, 0.05) is 26.1 Å². The number of carbonyl (C=O) groups excluding carboxylic acids is 3. The third kappa shape index (κ3) is 3.97. The largest absolute Gasteiger partial charge is 0.368 e. The summed E-state index contributed by atoms with van der Waals surface area (Å²) in [5.74, 6) is -0.456. The molecule has 2 aliphatic rings. The van der Waals surface area contributed by atoms with E-state index in [1.54, 1.807) is 9.80 Å². The smallest absolute Gasteiger partial charge is 0.245 e. The Morgan fingerprint density at radius 3 is 2.64 bits per heavy atom. The molecule has 2 heterocycles. The summed E-state index contributed by atoms with van der Waals surface area (Å²) in [6, 6.07) is -0.337. The number of piperidine rings is 1. The molecule has 2 rings (SSSR count). The molecule has 2 saturated heterocycles. The summed E-state index contributed by atoms with van der Waals surface area (Å²) < 4.78 is 5.38. The highest BCUT2D eigenvalue weighted by Crippen LogP contribution is 2.22. The van der Waals surface area contributed by atoms with Gasteiger partial charge in [-0.2, -0.15) is 0 Å². The van der Waals surface area contributed by atoms with Gasteiger partial charge < -0.3 is 20.3 Å². The average Bonchev–Trinajstić information content (AvgIpc) is 3.00. The Labute approximate surface area is 130 Å². The topological polar surface area (TPSA) is 92.9 Å². The summed E-state index contributed by atoms with van der Waals surface area (Å²) in [5.41, 5.74) is 5.06. The van der Waals surface area contributed by atoms with E-state index >= 15 is 0 Å². The van der Waals surface area contributed by atoms with E-state index in [-0.39, 0.29) is 30.6 Å². The Bertz CT molecular complexity index is 441. The summed E-state index contributed by atoms with van der Waals surface area (Å²) >= 11 is 0. The van der Waals surface area contributed by atoms with E-state index in [2.05, 4.69) is 0 Å². The monoisotopic (exact) mass is 311 g/mol. The highest BCUT2D eigenvalue weighted by Gasteiger charge is 2.37. The van der Waals surface area contributed by atoms with Gasteiger partial charge in [-0.1, -0.05) is 6.92 Å². The molecule has 2 fully saturated rings. The van der Waals surface area contributed by atoms with Crippen LogP contribution in [0.2, 0.25) is 0 Å². The number of hydrogen-bond acceptors (Lipinski definition) is 4. The molecule has 0 aromatic carbocycles. The lowest BCUT2D eigenvalue weighted by Gasteiger charge is -2.36. The summed E-state index contributed by atoms with van der Waals surface area (Å²) in [4.78, 5) is 38.9. The van der Waals surface area contributed by atoms with Crippen molar-refractivity contribution in [3.8, 4) is 0 Å². The number of carbonyl (C=O) groups is 3. The van der Waals surface area contributed by atoms with Crippen molar-refractivity contribution >= 4 is 17.7 Å². The first-order valence-electron chi connectivity index (χ1n) is 8.01. The van der Waals surface area contributed by atoms with Crippen LogP contribution in [-0.2, 0) is 19.1 Å². The maximum Gasteiger partial charge on any atom is 0.245 e. The zero-order valence-corrected chi connectivity index (χ0v) is 13.1. The Morgan fingerprint density at radius 1 is 1.18 bits per heavy atom. The third-order valence-corrected chi connectivity index (χ3v) is 4.33. The molecule has 124 valence electrons. The Balaban J connectivity index is 1.92. The predicted molar refractivity (Wildman–Crippen MR) is 79.8 cm³/mol. The number of likely N-dealkylation sites (tertiary alicyclic amines) is 2. The molecular weight excluding hydrogens is 286 g/mol. The molecule has 0 unspecified atom stereocenters. The average molecular weight is 311 g/mol. The molecule has 3 amide bonds. The quantitative estimate of drug-likeness (QED) is 0.766. The highest BCUT2D eigenvalue weighted by atomic mass is 16.5. The fourth-order valence-corrected chi connectivity index (χ4v) is 3.17. The van der Waals surface area contributed by atoms with Gasteiger partial charge in [-0.3, -0.25) is 14.4 Å². The van der Waals surface area contributed by atoms with Gasteiger partial charge in [0.25, 0.3) is 0 Å². The van der Waals surface area contributed by atoms with Gasteiger partial charge in [0.05, 0.1) is 6.10 Å². The van der Waals surface area contributed by atoms with Crippen molar-refractivity contribution in [3.05, 3.63) is 0 Å². The van der Waals surface area contributed by atoms with E-state index < -0.39 is 5.91 Å². The van der Waals surface area contributed by atoms with Crippen molar-refractivity contribution in [1.29, 1.82) is 0 Å². The molecule has 0 aromatic heterocycles. The van der Waals surface area contributed by atoms with Gasteiger partial charge in [0.1, 0.15) is 12.6 Å². The van der Waals surface area contributed by atoms with Gasteiger partial charge in [0.2, 0.25) is 17.7 Å². The normalized spacial score (nSPS) is 25.3. The van der Waals surface area contributed by atoms with Crippen molar-refractivity contribution in [2.24, 2.45) is 5.73 Å². The van der Waals surface area contributed by atoms with Crippen LogP contribution in [0.25, 0.3) is 0 Å². The van der Waals surface area contributed by atoms with Gasteiger partial charge in [-0.05, 0) is 25.7 Å². The fraction of sp³-hybridized carbons (Fsp3) is 0.800. The summed E-state index contributed by atoms with van der Waals surface area (Å²) in [5, 5.41) is 0. The van der Waals surface area contributed by atoms with Crippen molar-refractivity contribution < 1.29 is 19.1 Å². The van der Waals surface area contributed by atoms with Crippen LogP contribution < -0.4 is 5.73 Å². The number of amides is 3. The molecular formula is C15H25N3O4. The van der Waals surface area contributed by atoms with E-state index in [1.165, 1.54) is 0 Å². The second-order valence-corrected chi connectivity index (χ2v) is 5.92. The van der Waals surface area contributed by atoms with Gasteiger partial charge in [-0.15, -0.1) is 0 Å². The van der Waals surface area contributed by atoms with Crippen LogP contribution in [0.15, 0.2) is 0 Å². The summed E-state index contributed by atoms with van der Waals surface area (Å²) in [7, 11) is 0. The van der Waals surface area contributed by atoms with Crippen LogP contribution in [-0.4, -0.2) is 65.9 Å². The second kappa shape index (κ2) is 7.58. The Hall–Kier alpha value is -1.63. The lowest BCUT2D eigenvalue weighted by molar-refractivity contribution is -0.147. The number of ether oxygens (including phenoxy) is 1. The SMILES string of the molecule is CCC(=O)N1CCCC[C@H]1C(=O)N1CC[C@@H](OCC(N)=O)C1. The lowest BCUT2D eigenvalue weighted by Crippen LogP contribution is -2.52. The van der Waals surface area contributed by atoms with Crippen LogP contribution in [0.5, 0.6) is 0 Å². The van der Waals surface area contributed by atoms with Crippen LogP contribution >= 0.6 is 0 Å². The molecule has 7 heteroatoms. The van der Waals surface area contributed by atoms with Crippen molar-refractivity contribution in [3.63, 3.8) is 0 Å². The van der Waals surface area contributed by atoms with Crippen molar-refractivity contribution in [1.82, 2.24) is 9.80 Å². The second-order valence-electron chi connectivity index (χ2n) is 5.92. The van der Waals surface area contributed by atoms with Gasteiger partial charge in [0.15, 0.2) is 0 Å². The van der Waals surface area contributed by atoms with E-state index in [4.69, 9.17) is 10.5 Å². The molecule has 2 aliphatic heterocycles. The Morgan fingerprint density at radius 2 is 1.95 bits per heavy atom. The Kier molecular flexibility index (Phi) is 5.76. The lowest BCUT2D eigenvalue weighted by atomic mass is 10.0. The number of hydrogen-bond donors (Lipinski definition) is 1. The summed E-state index contributed by atoms with van der Waals surface area (Å²) in [6.45, 7) is 3.45. The van der Waals surface area contributed by atoms with E-state index in [0.29, 0.717) is 32.5 Å². The zero-order valence-electron chi connectivity index (χ0n) is 13.1. The van der Waals surface area contributed by atoms with E-state index in [1.807, 2.05) is 6.92 Å². The molecule has 2 N–H and O–H groups in total. The molecule has 22 heavy (non-hydrogen) atoms. The standard InChI is InChI=1S/C15H25N3O4/c1-2-14(20)18-7-4-3-5-12(18)15(21)17-8-6-11(9-17)22-10-13(16)19/h11-12H,2-10H2,1H3,(H2,16,19)/t11-,12+/m1/s1. The molecule has 0 aromatic rings. The van der Waals surface area contributed by atoms with Crippen LogP contribution in [0, 0.1) is 0 Å². The predicted octanol–water partition coefficient (Wildman–Crippen LogP) is -0.120. The number of nitrogens with two attached hydrogens (primary N) is 1. The first-order valence-corrected chi connectivity index (χ1v) is 8.01. The maximum absolute atomic E-state index is 12.7. The number of nitrogens with zero attached hydrogens (tertiary/aromatic N) is 2. The minimum atomic E-state index is -0.503. The van der Waals surface area contributed by atoms with E-state index in [9.17, 15) is 14.4 Å². The molecule has 7 nitrogen and oxygen atoms in total. The number of primary amides is 1. The molecule has 0 bridgehead atoms. The molecule has 2 atom stereocenters. The first kappa shape index (κ1) is 16.7. The minimum Gasteiger partial charge on any atom is -0.368 e. The van der Waals surface area contributed by atoms with Crippen molar-refractivity contribution in [2.45, 2.75) is 51.2 Å². The highest BCUT2D eigenvalue weighted by molar-refractivity contribution is 5.88. The van der Waals surface area contributed by atoms with Crippen LogP contribution in [0.4, 0.5) is 0 Å². The van der Waals surface area contributed by atoms with E-state index in [0.717, 1.165) is 19.3 Å². The van der Waals surface area contributed by atoms with Crippen molar-refractivity contribution in [2.75, 3.05) is 26.2 Å². The molecule has 0 spiro atoms. The molecule has 0 radical (unpaired) electrons. The van der Waals surface area contributed by atoms with Gasteiger partial charge in [-0.25, -0.2) is 0 Å². The third-order valence-electron chi connectivity index (χ3n) is 4.33. The van der Waals surface area contributed by atoms with Crippen LogP contribution in [0.1, 0.15) is 39.0 Å². The molecule has 0 aliphatic carbocycles. The van der Waals surface area contributed by atoms with Crippen LogP contribution in [0.3, 0.4) is 0 Å².